The van der Waals surface area contributed by atoms with E-state index in [9.17, 15) is 24.3 Å². The summed E-state index contributed by atoms with van der Waals surface area (Å²) in [7, 11) is 0. The Morgan fingerprint density at radius 3 is 2.61 bits per heavy atom. The van der Waals surface area contributed by atoms with Crippen LogP contribution in [-0.4, -0.2) is 102 Å². The molecule has 14 nitrogen and oxygen atoms in total. The normalized spacial score (nSPS) is 32.2. The van der Waals surface area contributed by atoms with Crippen molar-refractivity contribution in [3.63, 3.8) is 0 Å². The number of fused-ring (bicyclic) bond motifs is 5. The van der Waals surface area contributed by atoms with E-state index in [1.54, 1.807) is 50.1 Å². The maximum Gasteiger partial charge on any atom is 0.327 e. The summed E-state index contributed by atoms with van der Waals surface area (Å²) in [4.78, 5) is 60.2. The fourth-order valence-corrected chi connectivity index (χ4v) is 8.94. The number of benzene rings is 2. The average molecular weight is 774 g/mol. The largest absolute Gasteiger partial charge is 0.460 e. The maximum atomic E-state index is 14.5. The van der Waals surface area contributed by atoms with E-state index in [-0.39, 0.29) is 51.7 Å². The highest BCUT2D eigenvalue weighted by atomic mass is 16.8. The minimum Gasteiger partial charge on any atom is -0.460 e. The zero-order chi connectivity index (χ0) is 39.2. The third-order valence-electron chi connectivity index (χ3n) is 11.7. The second kappa shape index (κ2) is 15.6. The van der Waals surface area contributed by atoms with Crippen molar-refractivity contribution in [1.29, 1.82) is 0 Å². The number of allylic oxidation sites excluding steroid dienone is 1. The second-order valence-electron chi connectivity index (χ2n) is 16.9. The van der Waals surface area contributed by atoms with Gasteiger partial charge >= 0.3 is 11.9 Å². The molecule has 2 aromatic carbocycles. The van der Waals surface area contributed by atoms with E-state index in [0.717, 1.165) is 30.4 Å². The first-order chi connectivity index (χ1) is 26.9. The summed E-state index contributed by atoms with van der Waals surface area (Å²) in [5.41, 5.74) is 0.994. The summed E-state index contributed by atoms with van der Waals surface area (Å²) in [6.45, 7) is 5.28. The summed E-state index contributed by atoms with van der Waals surface area (Å²) in [5.74, 6) is -1.26. The lowest BCUT2D eigenvalue weighted by Crippen LogP contribution is -2.69. The quantitative estimate of drug-likeness (QED) is 0.201. The number of amides is 2. The number of hydroxylamine groups is 2. The highest BCUT2D eigenvalue weighted by Gasteiger charge is 2.74. The molecule has 4 saturated heterocycles. The van der Waals surface area contributed by atoms with Gasteiger partial charge in [0.15, 0.2) is 6.04 Å². The Balaban J connectivity index is 0.934. The Bertz CT molecular complexity index is 1850. The molecule has 56 heavy (non-hydrogen) atoms. The molecule has 0 radical (unpaired) electrons. The van der Waals surface area contributed by atoms with Crippen LogP contribution in [0.3, 0.4) is 0 Å². The van der Waals surface area contributed by atoms with Gasteiger partial charge in [-0.1, -0.05) is 48.6 Å². The first-order valence-electron chi connectivity index (χ1n) is 19.7. The van der Waals surface area contributed by atoms with Crippen LogP contribution in [0, 0.1) is 11.3 Å². The van der Waals surface area contributed by atoms with E-state index >= 15 is 0 Å². The molecule has 300 valence electrons. The van der Waals surface area contributed by atoms with Crippen molar-refractivity contribution in [2.24, 2.45) is 11.3 Å². The van der Waals surface area contributed by atoms with Gasteiger partial charge in [0.05, 0.1) is 31.4 Å². The van der Waals surface area contributed by atoms with Crippen LogP contribution in [-0.2, 0) is 56.0 Å². The van der Waals surface area contributed by atoms with E-state index < -0.39 is 65.4 Å². The number of aliphatic hydroxyl groups is 1. The van der Waals surface area contributed by atoms with Crippen molar-refractivity contribution in [2.75, 3.05) is 13.4 Å². The van der Waals surface area contributed by atoms with Crippen molar-refractivity contribution in [1.82, 2.24) is 15.7 Å². The Kier molecular flexibility index (Phi) is 10.8. The third-order valence-corrected chi connectivity index (χ3v) is 11.7. The molecule has 14 heteroatoms. The predicted octanol–water partition coefficient (Wildman–Crippen LogP) is 3.34. The number of epoxide rings is 1. The number of rotatable bonds is 13. The third kappa shape index (κ3) is 8.00. The van der Waals surface area contributed by atoms with Gasteiger partial charge in [0.1, 0.15) is 42.2 Å². The number of carbonyl (C=O) groups excluding carboxylic acids is 4. The summed E-state index contributed by atoms with van der Waals surface area (Å²) < 4.78 is 28.7. The van der Waals surface area contributed by atoms with E-state index in [4.69, 9.17) is 28.5 Å². The molecule has 0 spiro atoms. The van der Waals surface area contributed by atoms with Gasteiger partial charge in [-0.15, -0.1) is 0 Å². The molecule has 2 amide bonds. The number of ether oxygens (including phenoxy) is 5. The van der Waals surface area contributed by atoms with Gasteiger partial charge in [0.25, 0.3) is 5.91 Å². The number of hydrogen-bond acceptors (Lipinski definition) is 12. The van der Waals surface area contributed by atoms with Crippen LogP contribution in [0.4, 0.5) is 0 Å². The monoisotopic (exact) mass is 773 g/mol. The number of aliphatic hydroxyl groups excluding tert-OH is 1. The first-order valence-corrected chi connectivity index (χ1v) is 19.7. The summed E-state index contributed by atoms with van der Waals surface area (Å²) >= 11 is 0. The Morgan fingerprint density at radius 2 is 1.84 bits per heavy atom. The molecule has 2 aromatic rings. The highest BCUT2D eigenvalue weighted by Crippen LogP contribution is 2.55. The number of nitrogens with one attached hydrogen (secondary N) is 2. The van der Waals surface area contributed by atoms with Gasteiger partial charge in [0, 0.05) is 24.9 Å². The van der Waals surface area contributed by atoms with Gasteiger partial charge in [-0.2, -0.15) is 5.06 Å². The Morgan fingerprint density at radius 1 is 1.04 bits per heavy atom. The molecule has 2 bridgehead atoms. The van der Waals surface area contributed by atoms with Gasteiger partial charge < -0.3 is 39.4 Å². The lowest BCUT2D eigenvalue weighted by Gasteiger charge is -2.48. The minimum atomic E-state index is -1.32. The smallest absolute Gasteiger partial charge is 0.327 e. The van der Waals surface area contributed by atoms with Crippen LogP contribution >= 0.6 is 0 Å². The summed E-state index contributed by atoms with van der Waals surface area (Å²) in [5, 5.41) is 17.3. The average Bonchev–Trinajstić information content (AvgIpc) is 3.61. The Hall–Kier alpha value is -4.18. The van der Waals surface area contributed by atoms with Crippen molar-refractivity contribution < 1.29 is 52.8 Å². The van der Waals surface area contributed by atoms with Crippen molar-refractivity contribution in [3.8, 4) is 0 Å². The predicted molar refractivity (Wildman–Crippen MR) is 199 cm³/mol. The molecule has 6 fully saturated rings. The number of nitrogens with zero attached hydrogens (tertiary/aromatic N) is 1. The topological polar surface area (TPSA) is 174 Å². The first kappa shape index (κ1) is 38.7. The lowest BCUT2D eigenvalue weighted by molar-refractivity contribution is -0.201. The van der Waals surface area contributed by atoms with Crippen LogP contribution in [0.2, 0.25) is 0 Å². The lowest BCUT2D eigenvalue weighted by atomic mass is 9.62. The van der Waals surface area contributed by atoms with Gasteiger partial charge in [0.2, 0.25) is 5.91 Å². The van der Waals surface area contributed by atoms with Crippen LogP contribution in [0.15, 0.2) is 54.6 Å². The van der Waals surface area contributed by atoms with E-state index in [1.807, 2.05) is 24.3 Å². The molecule has 8 rings (SSSR count). The van der Waals surface area contributed by atoms with Crippen LogP contribution < -0.4 is 10.6 Å². The number of hydrogen-bond donors (Lipinski definition) is 3. The molecule has 3 N–H and O–H groups in total. The van der Waals surface area contributed by atoms with Crippen molar-refractivity contribution in [3.05, 3.63) is 76.9 Å². The molecule has 6 aliphatic rings. The molecule has 2 aliphatic carbocycles. The SMILES string of the molecule is CC(C)(C)OC(=O)CCC(CO)NC(=O)c1cccc(CNC(=O)C23CC4OC(=O)C2N(Cc2ccc(C=CC5CCC6OC6C5)cc2)OC3C2OCOC42)c1. The summed E-state index contributed by atoms with van der Waals surface area (Å²) in [6, 6.07) is 13.2. The zero-order valence-electron chi connectivity index (χ0n) is 32.0. The van der Waals surface area contributed by atoms with Crippen LogP contribution in [0.1, 0.15) is 86.3 Å². The molecular weight excluding hydrogens is 722 g/mol. The van der Waals surface area contributed by atoms with Gasteiger partial charge in [-0.05, 0) is 81.2 Å². The number of carbonyl (C=O) groups is 4. The fourth-order valence-electron chi connectivity index (χ4n) is 8.94. The van der Waals surface area contributed by atoms with Gasteiger partial charge in [-0.25, -0.2) is 0 Å². The van der Waals surface area contributed by atoms with E-state index in [1.165, 1.54) is 0 Å². The van der Waals surface area contributed by atoms with Crippen LogP contribution in [0.5, 0.6) is 0 Å². The molecule has 4 aliphatic heterocycles. The maximum absolute atomic E-state index is 14.5. The zero-order valence-corrected chi connectivity index (χ0v) is 32.0. The minimum absolute atomic E-state index is 0.00268. The van der Waals surface area contributed by atoms with Crippen molar-refractivity contribution >= 4 is 29.8 Å². The molecular formula is C42H51N3O11. The molecule has 0 aromatic heterocycles. The van der Waals surface area contributed by atoms with Gasteiger partial charge in [-0.3, -0.25) is 24.0 Å². The highest BCUT2D eigenvalue weighted by molar-refractivity contribution is 5.95. The Labute approximate surface area is 326 Å². The second-order valence-corrected chi connectivity index (χ2v) is 16.9. The fraction of sp³-hybridized carbons (Fsp3) is 0.571. The van der Waals surface area contributed by atoms with Crippen molar-refractivity contribution in [2.45, 2.75) is 127 Å². The van der Waals surface area contributed by atoms with E-state index in [2.05, 4.69) is 22.8 Å². The van der Waals surface area contributed by atoms with Crippen LogP contribution in [0.25, 0.3) is 6.08 Å². The molecule has 2 saturated carbocycles. The van der Waals surface area contributed by atoms with E-state index in [0.29, 0.717) is 29.3 Å². The molecule has 10 unspecified atom stereocenters. The number of esters is 2. The summed E-state index contributed by atoms with van der Waals surface area (Å²) in [6.07, 6.45) is 6.45. The standard InChI is InChI=1S/C42H51N3O11/c1-41(2,3)55-33(47)16-14-29(22-46)44-38(48)28-6-4-5-27(17-28)20-43-40(50)42-19-32-34-35(52-23-51-34)37(42)56-45(36(42)39(49)54-32)21-26-11-8-24(9-12-26)7-10-25-13-15-30-31(18-25)53-30/h4-12,17,25,29-32,34-37,46H,13-16,18-23H2,1-3H3,(H,43,50)(H,44,48). The molecule has 10 atom stereocenters. The molecule has 4 heterocycles.